The van der Waals surface area contributed by atoms with E-state index in [4.69, 9.17) is 11.6 Å². The van der Waals surface area contributed by atoms with Crippen LogP contribution in [0.3, 0.4) is 0 Å². The first kappa shape index (κ1) is 15.9. The van der Waals surface area contributed by atoms with Crippen molar-refractivity contribution in [1.82, 2.24) is 4.31 Å². The summed E-state index contributed by atoms with van der Waals surface area (Å²) in [5.41, 5.74) is 1.90. The molecule has 0 spiro atoms. The van der Waals surface area contributed by atoms with E-state index in [1.54, 1.807) is 46.4 Å². The van der Waals surface area contributed by atoms with Crippen molar-refractivity contribution in [3.8, 4) is 0 Å². The summed E-state index contributed by atoms with van der Waals surface area (Å²) in [6.45, 7) is 2.42. The molecule has 6 heteroatoms. The van der Waals surface area contributed by atoms with Gasteiger partial charge in [0.15, 0.2) is 0 Å². The predicted octanol–water partition coefficient (Wildman–Crippen LogP) is 4.08. The van der Waals surface area contributed by atoms with Gasteiger partial charge in [-0.1, -0.05) is 35.9 Å². The summed E-state index contributed by atoms with van der Waals surface area (Å²) < 4.78 is 27.4. The van der Waals surface area contributed by atoms with Crippen LogP contribution >= 0.6 is 23.4 Å². The standard InChI is InChI=1S/C16H16ClNO2S2/c1-12-3-2-4-15(11-12)22(19,20)18-9-10-21-16(18)13-5-7-14(17)8-6-13/h2-8,11,16H,9-10H2,1H3/t16-/m1/s1. The highest BCUT2D eigenvalue weighted by molar-refractivity contribution is 8.01. The molecular formula is C16H16ClNO2S2. The Morgan fingerprint density at radius 3 is 2.59 bits per heavy atom. The maximum atomic E-state index is 12.9. The van der Waals surface area contributed by atoms with Crippen molar-refractivity contribution in [2.24, 2.45) is 0 Å². The largest absolute Gasteiger partial charge is 0.244 e. The van der Waals surface area contributed by atoms with Crippen LogP contribution in [0.4, 0.5) is 0 Å². The van der Waals surface area contributed by atoms with Gasteiger partial charge in [-0.2, -0.15) is 4.31 Å². The molecule has 116 valence electrons. The van der Waals surface area contributed by atoms with Gasteiger partial charge in [-0.3, -0.25) is 0 Å². The molecule has 0 amide bonds. The van der Waals surface area contributed by atoms with E-state index < -0.39 is 10.0 Å². The summed E-state index contributed by atoms with van der Waals surface area (Å²) in [6, 6.07) is 14.4. The zero-order chi connectivity index (χ0) is 15.7. The minimum atomic E-state index is -3.49. The lowest BCUT2D eigenvalue weighted by atomic mass is 10.2. The number of thioether (sulfide) groups is 1. The molecule has 1 atom stereocenters. The first-order valence-electron chi connectivity index (χ1n) is 6.94. The molecule has 1 aliphatic rings. The molecule has 1 saturated heterocycles. The van der Waals surface area contributed by atoms with Gasteiger partial charge in [0.1, 0.15) is 0 Å². The second-order valence-corrected chi connectivity index (χ2v) is 8.72. The van der Waals surface area contributed by atoms with Gasteiger partial charge in [-0.25, -0.2) is 8.42 Å². The molecule has 1 aliphatic heterocycles. The van der Waals surface area contributed by atoms with Gasteiger partial charge in [0, 0.05) is 17.3 Å². The molecule has 3 rings (SSSR count). The molecule has 0 saturated carbocycles. The minimum absolute atomic E-state index is 0.192. The van der Waals surface area contributed by atoms with Crippen molar-refractivity contribution in [2.75, 3.05) is 12.3 Å². The average molecular weight is 354 g/mol. The fourth-order valence-electron chi connectivity index (χ4n) is 2.50. The number of halogens is 1. The van der Waals surface area contributed by atoms with Crippen molar-refractivity contribution >= 4 is 33.4 Å². The van der Waals surface area contributed by atoms with Crippen LogP contribution in [0.1, 0.15) is 16.5 Å². The lowest BCUT2D eigenvalue weighted by Gasteiger charge is -2.23. The van der Waals surface area contributed by atoms with Crippen molar-refractivity contribution in [1.29, 1.82) is 0 Å². The first-order chi connectivity index (χ1) is 10.5. The number of aryl methyl sites for hydroxylation is 1. The highest BCUT2D eigenvalue weighted by atomic mass is 35.5. The van der Waals surface area contributed by atoms with E-state index in [9.17, 15) is 8.42 Å². The molecule has 1 fully saturated rings. The summed E-state index contributed by atoms with van der Waals surface area (Å²) in [6.07, 6.45) is 0. The van der Waals surface area contributed by atoms with Crippen LogP contribution in [-0.4, -0.2) is 25.0 Å². The van der Waals surface area contributed by atoms with Gasteiger partial charge in [-0.05, 0) is 42.3 Å². The predicted molar refractivity (Wildman–Crippen MR) is 91.7 cm³/mol. The highest BCUT2D eigenvalue weighted by Crippen LogP contribution is 2.41. The lowest BCUT2D eigenvalue weighted by Crippen LogP contribution is -2.30. The molecule has 2 aromatic rings. The Morgan fingerprint density at radius 1 is 1.18 bits per heavy atom. The molecule has 0 aromatic heterocycles. The van der Waals surface area contributed by atoms with Crippen molar-refractivity contribution in [3.63, 3.8) is 0 Å². The molecule has 0 radical (unpaired) electrons. The Hall–Kier alpha value is -1.01. The summed E-state index contributed by atoms with van der Waals surface area (Å²) in [7, 11) is -3.49. The SMILES string of the molecule is Cc1cccc(S(=O)(=O)N2CCS[C@@H]2c2ccc(Cl)cc2)c1. The summed E-state index contributed by atoms with van der Waals surface area (Å²) in [5.74, 6) is 0.790. The topological polar surface area (TPSA) is 37.4 Å². The number of hydrogen-bond donors (Lipinski definition) is 0. The molecule has 22 heavy (non-hydrogen) atoms. The molecule has 2 aromatic carbocycles. The Kier molecular flexibility index (Phi) is 4.50. The second kappa shape index (κ2) is 6.24. The third-order valence-electron chi connectivity index (χ3n) is 3.60. The lowest BCUT2D eigenvalue weighted by molar-refractivity contribution is 0.434. The fraction of sp³-hybridized carbons (Fsp3) is 0.250. The maximum absolute atomic E-state index is 12.9. The summed E-state index contributed by atoms with van der Waals surface area (Å²) in [4.78, 5) is 0.356. The Balaban J connectivity index is 1.97. The minimum Gasteiger partial charge on any atom is -0.207 e. The Morgan fingerprint density at radius 2 is 1.91 bits per heavy atom. The van der Waals surface area contributed by atoms with Crippen LogP contribution in [-0.2, 0) is 10.0 Å². The molecule has 0 bridgehead atoms. The third kappa shape index (κ3) is 3.04. The van der Waals surface area contributed by atoms with Crippen molar-refractivity contribution in [3.05, 3.63) is 64.7 Å². The number of nitrogens with zero attached hydrogens (tertiary/aromatic N) is 1. The van der Waals surface area contributed by atoms with E-state index >= 15 is 0 Å². The van der Waals surface area contributed by atoms with Gasteiger partial charge in [0.05, 0.1) is 10.3 Å². The number of rotatable bonds is 3. The molecule has 1 heterocycles. The maximum Gasteiger partial charge on any atom is 0.244 e. The molecule has 0 aliphatic carbocycles. The molecule has 0 unspecified atom stereocenters. The van der Waals surface area contributed by atoms with Gasteiger partial charge in [-0.15, -0.1) is 11.8 Å². The van der Waals surface area contributed by atoms with E-state index in [-0.39, 0.29) is 5.37 Å². The van der Waals surface area contributed by atoms with Crippen LogP contribution in [0.25, 0.3) is 0 Å². The Bertz CT molecular complexity index is 775. The Labute approximate surface area is 140 Å². The normalized spacial score (nSPS) is 19.5. The van der Waals surface area contributed by atoms with Crippen LogP contribution in [0.5, 0.6) is 0 Å². The fourth-order valence-corrected chi connectivity index (χ4v) is 5.97. The average Bonchev–Trinajstić information content (AvgIpc) is 2.98. The quantitative estimate of drug-likeness (QED) is 0.834. The van der Waals surface area contributed by atoms with Gasteiger partial charge < -0.3 is 0 Å². The molecule has 0 N–H and O–H groups in total. The summed E-state index contributed by atoms with van der Waals surface area (Å²) in [5, 5.41) is 0.461. The van der Waals surface area contributed by atoms with Gasteiger partial charge >= 0.3 is 0 Å². The first-order valence-corrected chi connectivity index (χ1v) is 9.81. The summed E-state index contributed by atoms with van der Waals surface area (Å²) >= 11 is 7.56. The highest BCUT2D eigenvalue weighted by Gasteiger charge is 2.36. The van der Waals surface area contributed by atoms with E-state index in [0.29, 0.717) is 16.5 Å². The monoisotopic (exact) mass is 353 g/mol. The second-order valence-electron chi connectivity index (χ2n) is 5.21. The number of benzene rings is 2. The van der Waals surface area contributed by atoms with Gasteiger partial charge in [0.2, 0.25) is 10.0 Å². The van der Waals surface area contributed by atoms with E-state index in [2.05, 4.69) is 0 Å². The van der Waals surface area contributed by atoms with Crippen LogP contribution in [0.2, 0.25) is 5.02 Å². The number of hydrogen-bond acceptors (Lipinski definition) is 3. The molecular weight excluding hydrogens is 338 g/mol. The van der Waals surface area contributed by atoms with E-state index in [1.807, 2.05) is 25.1 Å². The smallest absolute Gasteiger partial charge is 0.207 e. The van der Waals surface area contributed by atoms with Crippen LogP contribution < -0.4 is 0 Å². The van der Waals surface area contributed by atoms with Crippen LogP contribution in [0, 0.1) is 6.92 Å². The van der Waals surface area contributed by atoms with Crippen molar-refractivity contribution in [2.45, 2.75) is 17.2 Å². The van der Waals surface area contributed by atoms with Gasteiger partial charge in [0.25, 0.3) is 0 Å². The van der Waals surface area contributed by atoms with Crippen molar-refractivity contribution < 1.29 is 8.42 Å². The van der Waals surface area contributed by atoms with E-state index in [1.165, 1.54) is 0 Å². The zero-order valence-corrected chi connectivity index (χ0v) is 14.5. The third-order valence-corrected chi connectivity index (χ3v) is 7.11. The van der Waals surface area contributed by atoms with Crippen LogP contribution in [0.15, 0.2) is 53.4 Å². The zero-order valence-electron chi connectivity index (χ0n) is 12.1. The molecule has 3 nitrogen and oxygen atoms in total. The number of sulfonamides is 1. The van der Waals surface area contributed by atoms with E-state index in [0.717, 1.165) is 16.9 Å².